The second kappa shape index (κ2) is 10.9. The van der Waals surface area contributed by atoms with Gasteiger partial charge < -0.3 is 20.1 Å². The Kier molecular flexibility index (Phi) is 9.31. The van der Waals surface area contributed by atoms with Gasteiger partial charge in [-0.05, 0) is 49.9 Å². The number of carbonyl (C=O) groups is 2. The molecule has 0 aromatic heterocycles. The predicted molar refractivity (Wildman–Crippen MR) is 99.2 cm³/mol. The minimum Gasteiger partial charge on any atom is -0.482 e. The topological polar surface area (TPSA) is 76.7 Å². The van der Waals surface area contributed by atoms with Crippen molar-refractivity contribution in [3.05, 3.63) is 24.3 Å². The standard InChI is InChI=1S/C18H26N2O4.ClH/c1-13(14-6-8-19-9-7-14)10-17(21)20-15-4-3-5-16(11-15)24-12-18(22)23-2;/h3-5,11,13-14,19H,6-10,12H2,1-2H3,(H,20,21);1H. The van der Waals surface area contributed by atoms with E-state index in [0.29, 0.717) is 29.7 Å². The predicted octanol–water partition coefficient (Wildman–Crippen LogP) is 2.62. The maximum atomic E-state index is 12.2. The molecule has 1 atom stereocenters. The van der Waals surface area contributed by atoms with Gasteiger partial charge in [0.1, 0.15) is 5.75 Å². The Morgan fingerprint density at radius 1 is 1.32 bits per heavy atom. The van der Waals surface area contributed by atoms with Crippen LogP contribution in [0.15, 0.2) is 24.3 Å². The van der Waals surface area contributed by atoms with Crippen molar-refractivity contribution in [3.63, 3.8) is 0 Å². The van der Waals surface area contributed by atoms with Crippen LogP contribution in [0.4, 0.5) is 5.69 Å². The molecule has 1 aliphatic rings. The highest BCUT2D eigenvalue weighted by Crippen LogP contribution is 2.25. The number of nitrogens with one attached hydrogen (secondary N) is 2. The summed E-state index contributed by atoms with van der Waals surface area (Å²) in [4.78, 5) is 23.3. The molecule has 0 spiro atoms. The van der Waals surface area contributed by atoms with Gasteiger partial charge in [0.15, 0.2) is 6.61 Å². The molecule has 2 N–H and O–H groups in total. The number of benzene rings is 1. The van der Waals surface area contributed by atoms with Gasteiger partial charge >= 0.3 is 5.97 Å². The van der Waals surface area contributed by atoms with Crippen molar-refractivity contribution in [2.75, 3.05) is 32.1 Å². The molecule has 1 aromatic carbocycles. The van der Waals surface area contributed by atoms with E-state index in [-0.39, 0.29) is 24.9 Å². The van der Waals surface area contributed by atoms with Gasteiger partial charge in [-0.1, -0.05) is 13.0 Å². The minimum absolute atomic E-state index is 0. The molecular formula is C18H27ClN2O4. The van der Waals surface area contributed by atoms with Gasteiger partial charge in [0, 0.05) is 18.2 Å². The zero-order valence-electron chi connectivity index (χ0n) is 14.7. The Hall–Kier alpha value is -1.79. The monoisotopic (exact) mass is 370 g/mol. The first-order valence-corrected chi connectivity index (χ1v) is 8.38. The lowest BCUT2D eigenvalue weighted by Crippen LogP contribution is -2.32. The summed E-state index contributed by atoms with van der Waals surface area (Å²) < 4.78 is 9.85. The lowest BCUT2D eigenvalue weighted by Gasteiger charge is -2.27. The van der Waals surface area contributed by atoms with Crippen LogP contribution in [-0.4, -0.2) is 38.7 Å². The largest absolute Gasteiger partial charge is 0.482 e. The molecule has 2 rings (SSSR count). The van der Waals surface area contributed by atoms with Crippen LogP contribution in [0.1, 0.15) is 26.2 Å². The molecule has 0 radical (unpaired) electrons. The van der Waals surface area contributed by atoms with Gasteiger partial charge in [-0.2, -0.15) is 0 Å². The molecule has 140 valence electrons. The molecule has 1 amide bonds. The third-order valence-electron chi connectivity index (χ3n) is 4.40. The van der Waals surface area contributed by atoms with Gasteiger partial charge in [0.2, 0.25) is 5.91 Å². The SMILES string of the molecule is COC(=O)COc1cccc(NC(=O)CC(C)C2CCNCC2)c1.Cl. The van der Waals surface area contributed by atoms with Crippen molar-refractivity contribution in [3.8, 4) is 5.75 Å². The Bertz CT molecular complexity index is 562. The van der Waals surface area contributed by atoms with Gasteiger partial charge in [0.25, 0.3) is 0 Å². The quantitative estimate of drug-likeness (QED) is 0.721. The molecule has 1 fully saturated rings. The Morgan fingerprint density at radius 3 is 2.72 bits per heavy atom. The van der Waals surface area contributed by atoms with Crippen molar-refractivity contribution < 1.29 is 19.1 Å². The van der Waals surface area contributed by atoms with E-state index in [1.807, 2.05) is 0 Å². The highest BCUT2D eigenvalue weighted by molar-refractivity contribution is 5.91. The summed E-state index contributed by atoms with van der Waals surface area (Å²) in [6.45, 7) is 4.07. The molecule has 0 saturated carbocycles. The zero-order valence-corrected chi connectivity index (χ0v) is 15.6. The van der Waals surface area contributed by atoms with Gasteiger partial charge in [-0.15, -0.1) is 12.4 Å². The highest BCUT2D eigenvalue weighted by atomic mass is 35.5. The molecule has 7 heteroatoms. The fourth-order valence-electron chi connectivity index (χ4n) is 2.95. The van der Waals surface area contributed by atoms with Crippen molar-refractivity contribution in [2.45, 2.75) is 26.2 Å². The van der Waals surface area contributed by atoms with Crippen LogP contribution in [0.3, 0.4) is 0 Å². The summed E-state index contributed by atoms with van der Waals surface area (Å²) in [5, 5.41) is 6.25. The zero-order chi connectivity index (χ0) is 17.4. The normalized spacial score (nSPS) is 15.6. The molecule has 1 heterocycles. The van der Waals surface area contributed by atoms with Crippen LogP contribution >= 0.6 is 12.4 Å². The third kappa shape index (κ3) is 7.32. The number of methoxy groups -OCH3 is 1. The second-order valence-electron chi connectivity index (χ2n) is 6.21. The van der Waals surface area contributed by atoms with Crippen LogP contribution in [0.5, 0.6) is 5.75 Å². The van der Waals surface area contributed by atoms with Crippen molar-refractivity contribution in [1.29, 1.82) is 0 Å². The molecule has 1 aromatic rings. The number of halogens is 1. The molecule has 1 saturated heterocycles. The molecule has 1 unspecified atom stereocenters. The number of amides is 1. The third-order valence-corrected chi connectivity index (χ3v) is 4.40. The van der Waals surface area contributed by atoms with E-state index in [2.05, 4.69) is 22.3 Å². The van der Waals surface area contributed by atoms with Crippen LogP contribution in [0.25, 0.3) is 0 Å². The summed E-state index contributed by atoms with van der Waals surface area (Å²) in [6, 6.07) is 7.02. The van der Waals surface area contributed by atoms with Crippen LogP contribution in [-0.2, 0) is 14.3 Å². The first-order valence-electron chi connectivity index (χ1n) is 8.38. The first kappa shape index (κ1) is 21.3. The maximum absolute atomic E-state index is 12.2. The lowest BCUT2D eigenvalue weighted by atomic mass is 9.84. The van der Waals surface area contributed by atoms with E-state index in [4.69, 9.17) is 4.74 Å². The average molecular weight is 371 g/mol. The van der Waals surface area contributed by atoms with Crippen molar-refractivity contribution >= 4 is 30.0 Å². The van der Waals surface area contributed by atoms with E-state index in [9.17, 15) is 9.59 Å². The second-order valence-corrected chi connectivity index (χ2v) is 6.21. The van der Waals surface area contributed by atoms with Crippen molar-refractivity contribution in [2.24, 2.45) is 11.8 Å². The molecule has 6 nitrogen and oxygen atoms in total. The van der Waals surface area contributed by atoms with Crippen molar-refractivity contribution in [1.82, 2.24) is 5.32 Å². The number of rotatable bonds is 7. The van der Waals surface area contributed by atoms with E-state index < -0.39 is 5.97 Å². The minimum atomic E-state index is -0.444. The summed E-state index contributed by atoms with van der Waals surface area (Å²) in [7, 11) is 1.31. The smallest absolute Gasteiger partial charge is 0.343 e. The van der Waals surface area contributed by atoms with E-state index >= 15 is 0 Å². The fourth-order valence-corrected chi connectivity index (χ4v) is 2.95. The van der Waals surface area contributed by atoms with E-state index in [1.54, 1.807) is 24.3 Å². The van der Waals surface area contributed by atoms with E-state index in [1.165, 1.54) is 7.11 Å². The first-order chi connectivity index (χ1) is 11.6. The maximum Gasteiger partial charge on any atom is 0.343 e. The van der Waals surface area contributed by atoms with E-state index in [0.717, 1.165) is 25.9 Å². The number of ether oxygens (including phenoxy) is 2. The fraction of sp³-hybridized carbons (Fsp3) is 0.556. The summed E-state index contributed by atoms with van der Waals surface area (Å²) >= 11 is 0. The molecule has 25 heavy (non-hydrogen) atoms. The lowest BCUT2D eigenvalue weighted by molar-refractivity contribution is -0.142. The highest BCUT2D eigenvalue weighted by Gasteiger charge is 2.22. The summed E-state index contributed by atoms with van der Waals surface area (Å²) in [5.41, 5.74) is 0.667. The number of carbonyl (C=O) groups excluding carboxylic acids is 2. The van der Waals surface area contributed by atoms with Gasteiger partial charge in [-0.3, -0.25) is 4.79 Å². The average Bonchev–Trinajstić information content (AvgIpc) is 2.60. The van der Waals surface area contributed by atoms with Gasteiger partial charge in [0.05, 0.1) is 7.11 Å². The number of piperidine rings is 1. The molecular weight excluding hydrogens is 344 g/mol. The Labute approximate surface area is 155 Å². The van der Waals surface area contributed by atoms with Crippen LogP contribution in [0, 0.1) is 11.8 Å². The number of hydrogen-bond acceptors (Lipinski definition) is 5. The number of anilines is 1. The van der Waals surface area contributed by atoms with Crippen LogP contribution < -0.4 is 15.4 Å². The number of esters is 1. The Balaban J connectivity index is 0.00000312. The molecule has 1 aliphatic heterocycles. The number of hydrogen-bond donors (Lipinski definition) is 2. The molecule has 0 bridgehead atoms. The Morgan fingerprint density at radius 2 is 2.04 bits per heavy atom. The molecule has 0 aliphatic carbocycles. The summed E-state index contributed by atoms with van der Waals surface area (Å²) in [6.07, 6.45) is 2.77. The van der Waals surface area contributed by atoms with Crippen LogP contribution in [0.2, 0.25) is 0 Å². The summed E-state index contributed by atoms with van der Waals surface area (Å²) in [5.74, 6) is 1.05. The van der Waals surface area contributed by atoms with Gasteiger partial charge in [-0.25, -0.2) is 4.79 Å².